The Hall–Kier alpha value is -3.14. The fourth-order valence-electron chi connectivity index (χ4n) is 5.28. The Balaban J connectivity index is 0.950. The molecule has 0 aliphatic carbocycles. The first kappa shape index (κ1) is 24.2. The fraction of sp³-hybridized carbons (Fsp3) is 0.444. The molecule has 0 N–H and O–H groups in total. The van der Waals surface area contributed by atoms with Crippen molar-refractivity contribution in [2.24, 2.45) is 5.92 Å². The highest BCUT2D eigenvalue weighted by Gasteiger charge is 2.31. The first-order valence-electron chi connectivity index (χ1n) is 12.8. The Morgan fingerprint density at radius 2 is 1.70 bits per heavy atom. The van der Waals surface area contributed by atoms with Crippen molar-refractivity contribution in [3.63, 3.8) is 0 Å². The maximum Gasteiger partial charge on any atom is 0.241 e. The van der Waals surface area contributed by atoms with E-state index in [-0.39, 0.29) is 5.92 Å². The number of carbonyl (C=O) groups is 1. The molecule has 194 valence electrons. The van der Waals surface area contributed by atoms with E-state index in [1.54, 1.807) is 0 Å². The van der Waals surface area contributed by atoms with Gasteiger partial charge in [-0.05, 0) is 55.8 Å². The highest BCUT2D eigenvalue weighted by Crippen LogP contribution is 2.33. The van der Waals surface area contributed by atoms with E-state index < -0.39 is 0 Å². The second kappa shape index (κ2) is 10.7. The van der Waals surface area contributed by atoms with Gasteiger partial charge < -0.3 is 18.9 Å². The standard InChI is InChI=1S/C27H30ClN5O4/c28-22-3-1-2-21(15-22)26-29-25(37-30-26)17-31-8-6-20(7-9-31)27(34)33-12-10-32(11-13-33)16-19-4-5-23-24(14-19)36-18-35-23/h1-5,14-15,20H,6-13,16-18H2. The van der Waals surface area contributed by atoms with E-state index in [9.17, 15) is 4.79 Å². The van der Waals surface area contributed by atoms with Gasteiger partial charge in [0.15, 0.2) is 11.5 Å². The van der Waals surface area contributed by atoms with Crippen molar-refractivity contribution >= 4 is 17.5 Å². The SMILES string of the molecule is O=C(C1CCN(Cc2nc(-c3cccc(Cl)c3)no2)CC1)N1CCN(Cc2ccc3c(c2)OCO3)CC1. The lowest BCUT2D eigenvalue weighted by Crippen LogP contribution is -2.51. The number of piperidine rings is 1. The summed E-state index contributed by atoms with van der Waals surface area (Å²) in [5, 5.41) is 4.74. The van der Waals surface area contributed by atoms with Crippen LogP contribution < -0.4 is 9.47 Å². The average Bonchev–Trinajstić information content (AvgIpc) is 3.59. The van der Waals surface area contributed by atoms with Crippen LogP contribution in [0, 0.1) is 5.92 Å². The smallest absolute Gasteiger partial charge is 0.241 e. The minimum Gasteiger partial charge on any atom is -0.454 e. The molecular weight excluding hydrogens is 494 g/mol. The highest BCUT2D eigenvalue weighted by atomic mass is 35.5. The van der Waals surface area contributed by atoms with Crippen molar-refractivity contribution in [2.75, 3.05) is 46.1 Å². The van der Waals surface area contributed by atoms with Crippen LogP contribution in [0.25, 0.3) is 11.4 Å². The van der Waals surface area contributed by atoms with Gasteiger partial charge in [0.2, 0.25) is 24.4 Å². The van der Waals surface area contributed by atoms with E-state index >= 15 is 0 Å². The van der Waals surface area contributed by atoms with Crippen LogP contribution in [-0.2, 0) is 17.9 Å². The van der Waals surface area contributed by atoms with E-state index in [1.807, 2.05) is 35.2 Å². The monoisotopic (exact) mass is 523 g/mol. The van der Waals surface area contributed by atoms with Crippen LogP contribution in [0.4, 0.5) is 0 Å². The molecule has 2 fully saturated rings. The maximum absolute atomic E-state index is 13.2. The highest BCUT2D eigenvalue weighted by molar-refractivity contribution is 6.30. The molecule has 2 saturated heterocycles. The number of rotatable bonds is 6. The van der Waals surface area contributed by atoms with Crippen LogP contribution in [0.15, 0.2) is 47.0 Å². The third-order valence-electron chi connectivity index (χ3n) is 7.37. The maximum atomic E-state index is 13.2. The molecule has 3 aliphatic heterocycles. The topological polar surface area (TPSA) is 84.2 Å². The van der Waals surface area contributed by atoms with E-state index in [2.05, 4.69) is 32.1 Å². The summed E-state index contributed by atoms with van der Waals surface area (Å²) in [5.74, 6) is 3.13. The molecule has 4 heterocycles. The number of amides is 1. The van der Waals surface area contributed by atoms with Gasteiger partial charge in [0.05, 0.1) is 6.54 Å². The van der Waals surface area contributed by atoms with Crippen LogP contribution in [0.1, 0.15) is 24.3 Å². The van der Waals surface area contributed by atoms with Crippen LogP contribution in [0.3, 0.4) is 0 Å². The molecule has 0 spiro atoms. The molecular formula is C27H30ClN5O4. The number of hydrogen-bond acceptors (Lipinski definition) is 8. The predicted molar refractivity (Wildman–Crippen MR) is 137 cm³/mol. The predicted octanol–water partition coefficient (Wildman–Crippen LogP) is 3.68. The summed E-state index contributed by atoms with van der Waals surface area (Å²) < 4.78 is 16.4. The summed E-state index contributed by atoms with van der Waals surface area (Å²) >= 11 is 6.07. The second-order valence-electron chi connectivity index (χ2n) is 9.86. The average molecular weight is 524 g/mol. The molecule has 37 heavy (non-hydrogen) atoms. The number of carbonyl (C=O) groups excluding carboxylic acids is 1. The fourth-order valence-corrected chi connectivity index (χ4v) is 5.47. The zero-order chi connectivity index (χ0) is 25.2. The Labute approximate surface area is 220 Å². The molecule has 0 saturated carbocycles. The van der Waals surface area contributed by atoms with Gasteiger partial charge >= 0.3 is 0 Å². The van der Waals surface area contributed by atoms with Gasteiger partial charge in [0, 0.05) is 49.2 Å². The first-order valence-corrected chi connectivity index (χ1v) is 13.2. The van der Waals surface area contributed by atoms with Crippen molar-refractivity contribution in [1.29, 1.82) is 0 Å². The quantitative estimate of drug-likeness (QED) is 0.484. The number of fused-ring (bicyclic) bond motifs is 1. The molecule has 0 radical (unpaired) electrons. The molecule has 9 nitrogen and oxygen atoms in total. The minimum absolute atomic E-state index is 0.0846. The summed E-state index contributed by atoms with van der Waals surface area (Å²) in [6.07, 6.45) is 1.71. The van der Waals surface area contributed by atoms with E-state index in [0.717, 1.165) is 75.7 Å². The van der Waals surface area contributed by atoms with E-state index in [4.69, 9.17) is 25.6 Å². The van der Waals surface area contributed by atoms with E-state index in [0.29, 0.717) is 36.0 Å². The van der Waals surface area contributed by atoms with Crippen LogP contribution in [0.5, 0.6) is 11.5 Å². The molecule has 1 amide bonds. The summed E-state index contributed by atoms with van der Waals surface area (Å²) in [5.41, 5.74) is 2.04. The zero-order valence-corrected chi connectivity index (χ0v) is 21.4. The lowest BCUT2D eigenvalue weighted by atomic mass is 9.95. The van der Waals surface area contributed by atoms with Gasteiger partial charge in [-0.3, -0.25) is 14.6 Å². The van der Waals surface area contributed by atoms with Crippen LogP contribution in [-0.4, -0.2) is 76.8 Å². The van der Waals surface area contributed by atoms with Crippen LogP contribution in [0.2, 0.25) is 5.02 Å². The van der Waals surface area contributed by atoms with Gasteiger partial charge in [-0.15, -0.1) is 0 Å². The van der Waals surface area contributed by atoms with Crippen LogP contribution >= 0.6 is 11.6 Å². The molecule has 0 bridgehead atoms. The summed E-state index contributed by atoms with van der Waals surface area (Å²) in [6.45, 7) is 6.73. The van der Waals surface area contributed by atoms with Gasteiger partial charge in [-0.25, -0.2) is 0 Å². The largest absolute Gasteiger partial charge is 0.454 e. The normalized spacial score (nSPS) is 18.9. The number of piperazine rings is 1. The second-order valence-corrected chi connectivity index (χ2v) is 10.3. The number of ether oxygens (including phenoxy) is 2. The first-order chi connectivity index (χ1) is 18.1. The molecule has 3 aromatic rings. The van der Waals surface area contributed by atoms with Gasteiger partial charge in [-0.1, -0.05) is 35.0 Å². The van der Waals surface area contributed by atoms with Gasteiger partial charge in [-0.2, -0.15) is 4.98 Å². The number of hydrogen-bond donors (Lipinski definition) is 0. The number of benzene rings is 2. The summed E-state index contributed by atoms with van der Waals surface area (Å²) in [4.78, 5) is 24.5. The lowest BCUT2D eigenvalue weighted by molar-refractivity contribution is -0.139. The van der Waals surface area contributed by atoms with E-state index in [1.165, 1.54) is 5.56 Å². The Morgan fingerprint density at radius 1 is 0.919 bits per heavy atom. The third kappa shape index (κ3) is 5.58. The molecule has 10 heteroatoms. The zero-order valence-electron chi connectivity index (χ0n) is 20.6. The third-order valence-corrected chi connectivity index (χ3v) is 7.61. The van der Waals surface area contributed by atoms with Crippen molar-refractivity contribution in [2.45, 2.75) is 25.9 Å². The summed E-state index contributed by atoms with van der Waals surface area (Å²) in [7, 11) is 0. The number of halogens is 1. The van der Waals surface area contributed by atoms with Crippen molar-refractivity contribution < 1.29 is 18.8 Å². The van der Waals surface area contributed by atoms with Crippen molar-refractivity contribution in [3.8, 4) is 22.9 Å². The Kier molecular flexibility index (Phi) is 6.99. The van der Waals surface area contributed by atoms with Crippen molar-refractivity contribution in [1.82, 2.24) is 24.8 Å². The Morgan fingerprint density at radius 3 is 2.51 bits per heavy atom. The Bertz CT molecular complexity index is 1250. The summed E-state index contributed by atoms with van der Waals surface area (Å²) in [6, 6.07) is 13.5. The molecule has 2 aromatic carbocycles. The lowest BCUT2D eigenvalue weighted by Gasteiger charge is -2.38. The molecule has 3 aliphatic rings. The number of nitrogens with zero attached hydrogens (tertiary/aromatic N) is 5. The molecule has 1 aromatic heterocycles. The minimum atomic E-state index is 0.0846. The number of aromatic nitrogens is 2. The van der Waals surface area contributed by atoms with Gasteiger partial charge in [0.1, 0.15) is 0 Å². The van der Waals surface area contributed by atoms with Crippen molar-refractivity contribution in [3.05, 3.63) is 58.9 Å². The molecule has 6 rings (SSSR count). The number of likely N-dealkylation sites (tertiary alicyclic amines) is 1. The molecule has 0 atom stereocenters. The molecule has 0 unspecified atom stereocenters. The van der Waals surface area contributed by atoms with Gasteiger partial charge in [0.25, 0.3) is 0 Å².